The average molecular weight is 306 g/mol. The van der Waals surface area contributed by atoms with Gasteiger partial charge in [-0.1, -0.05) is 23.7 Å². The zero-order valence-corrected chi connectivity index (χ0v) is 13.1. The van der Waals surface area contributed by atoms with E-state index in [0.717, 1.165) is 28.6 Å². The van der Waals surface area contributed by atoms with E-state index in [1.807, 2.05) is 37.3 Å². The van der Waals surface area contributed by atoms with Crippen LogP contribution in [0.4, 0.5) is 5.69 Å². The van der Waals surface area contributed by atoms with E-state index in [1.54, 1.807) is 7.11 Å². The molecule has 0 aliphatic heterocycles. The minimum atomic E-state index is 0.568. The molecule has 0 saturated heterocycles. The van der Waals surface area contributed by atoms with Crippen molar-refractivity contribution in [2.24, 2.45) is 0 Å². The number of ether oxygens (including phenoxy) is 2. The maximum atomic E-state index is 5.95. The fourth-order valence-electron chi connectivity index (χ4n) is 1.97. The highest BCUT2D eigenvalue weighted by Crippen LogP contribution is 2.20. The fourth-order valence-corrected chi connectivity index (χ4v) is 2.20. The highest BCUT2D eigenvalue weighted by atomic mass is 35.5. The smallest absolute Gasteiger partial charge is 0.119 e. The molecule has 0 aliphatic rings. The van der Waals surface area contributed by atoms with Gasteiger partial charge in [0.05, 0.1) is 6.61 Å². The minimum absolute atomic E-state index is 0.568. The first-order valence-electron chi connectivity index (χ1n) is 6.90. The molecule has 2 aromatic rings. The van der Waals surface area contributed by atoms with Crippen molar-refractivity contribution >= 4 is 17.3 Å². The predicted molar refractivity (Wildman–Crippen MR) is 87.3 cm³/mol. The summed E-state index contributed by atoms with van der Waals surface area (Å²) in [4.78, 5) is 0. The van der Waals surface area contributed by atoms with E-state index in [4.69, 9.17) is 21.1 Å². The molecular weight excluding hydrogens is 286 g/mol. The van der Waals surface area contributed by atoms with Crippen LogP contribution in [0.3, 0.4) is 0 Å². The van der Waals surface area contributed by atoms with Gasteiger partial charge >= 0.3 is 0 Å². The predicted octanol–water partition coefficient (Wildman–Crippen LogP) is 4.29. The van der Waals surface area contributed by atoms with Crippen molar-refractivity contribution < 1.29 is 9.47 Å². The molecule has 2 rings (SSSR count). The Kier molecular flexibility index (Phi) is 5.90. The van der Waals surface area contributed by atoms with E-state index in [2.05, 4.69) is 17.4 Å². The van der Waals surface area contributed by atoms with E-state index in [-0.39, 0.29) is 0 Å². The second-order valence-electron chi connectivity index (χ2n) is 4.80. The van der Waals surface area contributed by atoms with Crippen molar-refractivity contribution in [1.82, 2.24) is 0 Å². The van der Waals surface area contributed by atoms with E-state index < -0.39 is 0 Å². The Balaban J connectivity index is 1.88. The Morgan fingerprint density at radius 2 is 1.81 bits per heavy atom. The zero-order chi connectivity index (χ0) is 15.1. The normalized spacial score (nSPS) is 10.4. The van der Waals surface area contributed by atoms with E-state index in [1.165, 1.54) is 5.56 Å². The SMILES string of the molecule is COCCOc1ccc(CNc2ccc(Cl)cc2C)cc1. The van der Waals surface area contributed by atoms with Gasteiger partial charge in [-0.3, -0.25) is 0 Å². The lowest BCUT2D eigenvalue weighted by Gasteiger charge is -2.11. The van der Waals surface area contributed by atoms with Crippen LogP contribution in [0.25, 0.3) is 0 Å². The van der Waals surface area contributed by atoms with Crippen LogP contribution >= 0.6 is 11.6 Å². The number of benzene rings is 2. The van der Waals surface area contributed by atoms with Crippen LogP contribution in [0, 0.1) is 6.92 Å². The monoisotopic (exact) mass is 305 g/mol. The van der Waals surface area contributed by atoms with Gasteiger partial charge in [0.25, 0.3) is 0 Å². The van der Waals surface area contributed by atoms with Gasteiger partial charge in [-0.2, -0.15) is 0 Å². The summed E-state index contributed by atoms with van der Waals surface area (Å²) in [5.41, 5.74) is 3.44. The molecule has 0 aromatic heterocycles. The van der Waals surface area contributed by atoms with E-state index in [9.17, 15) is 0 Å². The first kappa shape index (κ1) is 15.7. The summed E-state index contributed by atoms with van der Waals surface area (Å²) in [6.07, 6.45) is 0. The molecular formula is C17H20ClNO2. The van der Waals surface area contributed by atoms with E-state index in [0.29, 0.717) is 13.2 Å². The topological polar surface area (TPSA) is 30.5 Å². The van der Waals surface area contributed by atoms with Crippen molar-refractivity contribution in [3.8, 4) is 5.75 Å². The van der Waals surface area contributed by atoms with Crippen LogP contribution in [0.15, 0.2) is 42.5 Å². The molecule has 0 spiro atoms. The maximum Gasteiger partial charge on any atom is 0.119 e. The van der Waals surface area contributed by atoms with Crippen molar-refractivity contribution in [3.05, 3.63) is 58.6 Å². The van der Waals surface area contributed by atoms with Gasteiger partial charge in [-0.05, 0) is 48.4 Å². The van der Waals surface area contributed by atoms with Gasteiger partial charge in [0.15, 0.2) is 0 Å². The second kappa shape index (κ2) is 7.91. The summed E-state index contributed by atoms with van der Waals surface area (Å²) in [5.74, 6) is 0.860. The highest BCUT2D eigenvalue weighted by Gasteiger charge is 2.00. The molecule has 0 unspecified atom stereocenters. The molecule has 0 heterocycles. The molecule has 0 aliphatic carbocycles. The van der Waals surface area contributed by atoms with Crippen LogP contribution < -0.4 is 10.1 Å². The van der Waals surface area contributed by atoms with E-state index >= 15 is 0 Å². The summed E-state index contributed by atoms with van der Waals surface area (Å²) in [6, 6.07) is 13.9. The molecule has 0 atom stereocenters. The van der Waals surface area contributed by atoms with Gasteiger partial charge < -0.3 is 14.8 Å². The molecule has 4 heteroatoms. The molecule has 3 nitrogen and oxygen atoms in total. The summed E-state index contributed by atoms with van der Waals surface area (Å²) in [6.45, 7) is 3.97. The van der Waals surface area contributed by atoms with Gasteiger partial charge in [0.1, 0.15) is 12.4 Å². The summed E-state index contributed by atoms with van der Waals surface area (Å²) in [5, 5.41) is 4.17. The zero-order valence-electron chi connectivity index (χ0n) is 12.4. The second-order valence-corrected chi connectivity index (χ2v) is 5.23. The molecule has 0 amide bonds. The third-order valence-electron chi connectivity index (χ3n) is 3.15. The minimum Gasteiger partial charge on any atom is -0.491 e. The van der Waals surface area contributed by atoms with Crippen LogP contribution in [-0.2, 0) is 11.3 Å². The Bertz CT molecular complexity index is 570. The van der Waals surface area contributed by atoms with Gasteiger partial charge in [-0.25, -0.2) is 0 Å². The lowest BCUT2D eigenvalue weighted by atomic mass is 10.1. The fraction of sp³-hybridized carbons (Fsp3) is 0.294. The lowest BCUT2D eigenvalue weighted by molar-refractivity contribution is 0.146. The summed E-state index contributed by atoms with van der Waals surface area (Å²) in [7, 11) is 1.66. The number of methoxy groups -OCH3 is 1. The average Bonchev–Trinajstić information content (AvgIpc) is 2.48. The molecule has 0 radical (unpaired) electrons. The van der Waals surface area contributed by atoms with Crippen molar-refractivity contribution in [2.75, 3.05) is 25.6 Å². The number of halogens is 1. The Hall–Kier alpha value is -1.71. The maximum absolute atomic E-state index is 5.95. The third-order valence-corrected chi connectivity index (χ3v) is 3.39. The first-order valence-corrected chi connectivity index (χ1v) is 7.27. The standard InChI is InChI=1S/C17H20ClNO2/c1-13-11-15(18)5-8-17(13)19-12-14-3-6-16(7-4-14)21-10-9-20-2/h3-8,11,19H,9-10,12H2,1-2H3. The molecule has 2 aromatic carbocycles. The van der Waals surface area contributed by atoms with Crippen molar-refractivity contribution in [1.29, 1.82) is 0 Å². The number of aryl methyl sites for hydroxylation is 1. The molecule has 0 saturated carbocycles. The number of nitrogens with one attached hydrogen (secondary N) is 1. The van der Waals surface area contributed by atoms with Crippen LogP contribution in [0.5, 0.6) is 5.75 Å². The Morgan fingerprint density at radius 1 is 1.05 bits per heavy atom. The molecule has 112 valence electrons. The number of hydrogen-bond donors (Lipinski definition) is 1. The summed E-state index contributed by atoms with van der Waals surface area (Å²) >= 11 is 5.95. The third kappa shape index (κ3) is 4.96. The number of rotatable bonds is 7. The molecule has 0 bridgehead atoms. The van der Waals surface area contributed by atoms with Gasteiger partial charge in [0.2, 0.25) is 0 Å². The lowest BCUT2D eigenvalue weighted by Crippen LogP contribution is -2.04. The molecule has 0 fully saturated rings. The molecule has 21 heavy (non-hydrogen) atoms. The number of hydrogen-bond acceptors (Lipinski definition) is 3. The van der Waals surface area contributed by atoms with Crippen molar-refractivity contribution in [2.45, 2.75) is 13.5 Å². The van der Waals surface area contributed by atoms with Gasteiger partial charge in [-0.15, -0.1) is 0 Å². The number of anilines is 1. The van der Waals surface area contributed by atoms with Crippen LogP contribution in [0.1, 0.15) is 11.1 Å². The first-order chi connectivity index (χ1) is 10.2. The Morgan fingerprint density at radius 3 is 2.48 bits per heavy atom. The molecule has 1 N–H and O–H groups in total. The highest BCUT2D eigenvalue weighted by molar-refractivity contribution is 6.30. The largest absolute Gasteiger partial charge is 0.491 e. The quantitative estimate of drug-likeness (QED) is 0.774. The summed E-state index contributed by atoms with van der Waals surface area (Å²) < 4.78 is 10.5. The van der Waals surface area contributed by atoms with Crippen LogP contribution in [0.2, 0.25) is 5.02 Å². The van der Waals surface area contributed by atoms with Gasteiger partial charge in [0, 0.05) is 24.4 Å². The van der Waals surface area contributed by atoms with Crippen LogP contribution in [-0.4, -0.2) is 20.3 Å². The Labute approximate surface area is 130 Å². The van der Waals surface area contributed by atoms with Crippen molar-refractivity contribution in [3.63, 3.8) is 0 Å².